The van der Waals surface area contributed by atoms with Gasteiger partial charge in [0.05, 0.1) is 5.00 Å². The summed E-state index contributed by atoms with van der Waals surface area (Å²) >= 11 is 3.03. The van der Waals surface area contributed by atoms with Crippen molar-refractivity contribution >= 4 is 38.2 Å². The number of anilines is 1. The Labute approximate surface area is 84.4 Å². The third-order valence-corrected chi connectivity index (χ3v) is 3.57. The number of thioether (sulfide) groups is 1. The van der Waals surface area contributed by atoms with E-state index in [0.717, 1.165) is 20.0 Å². The van der Waals surface area contributed by atoms with Crippen LogP contribution < -0.4 is 5.73 Å². The summed E-state index contributed by atoms with van der Waals surface area (Å²) in [7, 11) is 0. The number of benzene rings is 1. The van der Waals surface area contributed by atoms with Crippen LogP contribution in [0.1, 0.15) is 0 Å². The molecule has 0 saturated carbocycles. The van der Waals surface area contributed by atoms with E-state index in [0.29, 0.717) is 5.75 Å². The first-order chi connectivity index (χ1) is 6.22. The molecule has 0 bridgehead atoms. The van der Waals surface area contributed by atoms with Gasteiger partial charge in [0.15, 0.2) is 0 Å². The highest BCUT2D eigenvalue weighted by molar-refractivity contribution is 7.98. The first-order valence-corrected chi connectivity index (χ1v) is 5.81. The fourth-order valence-electron chi connectivity index (χ4n) is 1.26. The zero-order valence-electron chi connectivity index (χ0n) is 7.07. The van der Waals surface area contributed by atoms with Crippen LogP contribution in [-0.2, 0) is 0 Å². The summed E-state index contributed by atoms with van der Waals surface area (Å²) < 4.78 is 1.04. The molecule has 0 radical (unpaired) electrons. The Bertz CT molecular complexity index is 450. The number of aromatic hydroxyl groups is 1. The molecule has 0 aliphatic carbocycles. The monoisotopic (exact) mass is 211 g/mol. The number of phenols is 1. The Morgan fingerprint density at radius 1 is 1.46 bits per heavy atom. The highest BCUT2D eigenvalue weighted by Gasteiger charge is 2.07. The van der Waals surface area contributed by atoms with Crippen LogP contribution in [0.2, 0.25) is 0 Å². The molecule has 13 heavy (non-hydrogen) atoms. The van der Waals surface area contributed by atoms with E-state index in [-0.39, 0.29) is 0 Å². The van der Waals surface area contributed by atoms with Crippen molar-refractivity contribution in [3.05, 3.63) is 18.2 Å². The number of nitrogen functional groups attached to an aromatic ring is 1. The van der Waals surface area contributed by atoms with Crippen molar-refractivity contribution < 1.29 is 5.11 Å². The van der Waals surface area contributed by atoms with Gasteiger partial charge in [0, 0.05) is 15.0 Å². The molecule has 2 rings (SSSR count). The number of hydrogen-bond acceptors (Lipinski definition) is 4. The van der Waals surface area contributed by atoms with Gasteiger partial charge in [-0.1, -0.05) is 0 Å². The minimum absolute atomic E-state index is 0.345. The van der Waals surface area contributed by atoms with Crippen molar-refractivity contribution in [2.75, 3.05) is 12.0 Å². The summed E-state index contributed by atoms with van der Waals surface area (Å²) in [5.74, 6) is 0.345. The lowest BCUT2D eigenvalue weighted by atomic mass is 10.2. The molecule has 0 saturated heterocycles. The van der Waals surface area contributed by atoms with E-state index in [4.69, 9.17) is 5.73 Å². The van der Waals surface area contributed by atoms with E-state index in [1.165, 1.54) is 23.1 Å². The number of rotatable bonds is 1. The fraction of sp³-hybridized carbons (Fsp3) is 0.111. The lowest BCUT2D eigenvalue weighted by molar-refractivity contribution is 0.469. The Balaban J connectivity index is 2.78. The van der Waals surface area contributed by atoms with Gasteiger partial charge < -0.3 is 10.8 Å². The molecule has 1 aromatic carbocycles. The molecule has 2 aromatic rings. The minimum atomic E-state index is 0.345. The lowest BCUT2D eigenvalue weighted by Gasteiger charge is -2.00. The van der Waals surface area contributed by atoms with E-state index >= 15 is 0 Å². The topological polar surface area (TPSA) is 46.2 Å². The van der Waals surface area contributed by atoms with Gasteiger partial charge in [-0.3, -0.25) is 0 Å². The van der Waals surface area contributed by atoms with E-state index in [2.05, 4.69) is 0 Å². The highest BCUT2D eigenvalue weighted by atomic mass is 32.2. The normalized spacial score (nSPS) is 10.8. The van der Waals surface area contributed by atoms with Gasteiger partial charge in [-0.25, -0.2) is 0 Å². The summed E-state index contributed by atoms with van der Waals surface area (Å²) in [6.45, 7) is 0. The molecule has 0 spiro atoms. The third kappa shape index (κ3) is 1.36. The molecule has 0 fully saturated rings. The van der Waals surface area contributed by atoms with E-state index in [1.807, 2.05) is 24.5 Å². The van der Waals surface area contributed by atoms with E-state index < -0.39 is 0 Å². The van der Waals surface area contributed by atoms with Gasteiger partial charge in [0.1, 0.15) is 5.75 Å². The maximum absolute atomic E-state index is 9.79. The van der Waals surface area contributed by atoms with Crippen LogP contribution >= 0.6 is 23.1 Å². The summed E-state index contributed by atoms with van der Waals surface area (Å²) in [6, 6.07) is 5.72. The zero-order valence-corrected chi connectivity index (χ0v) is 8.71. The fourth-order valence-corrected chi connectivity index (χ4v) is 2.60. The molecule has 0 amide bonds. The predicted molar refractivity (Wildman–Crippen MR) is 59.7 cm³/mol. The summed E-state index contributed by atoms with van der Waals surface area (Å²) in [5.41, 5.74) is 5.65. The second-order valence-electron chi connectivity index (χ2n) is 2.68. The number of phenolic OH excluding ortho intramolecular Hbond substituents is 1. The minimum Gasteiger partial charge on any atom is -0.506 e. The second-order valence-corrected chi connectivity index (χ2v) is 4.64. The molecule has 1 aromatic heterocycles. The quantitative estimate of drug-likeness (QED) is 0.713. The first kappa shape index (κ1) is 8.72. The predicted octanol–water partition coefficient (Wildman–Crippen LogP) is 2.91. The summed E-state index contributed by atoms with van der Waals surface area (Å²) in [5, 5.41) is 11.4. The highest BCUT2D eigenvalue weighted by Crippen LogP contribution is 2.39. The van der Waals surface area contributed by atoms with Crippen LogP contribution in [-0.4, -0.2) is 11.4 Å². The number of nitrogens with two attached hydrogens (primary N) is 1. The van der Waals surface area contributed by atoms with Gasteiger partial charge in [0.2, 0.25) is 0 Å². The largest absolute Gasteiger partial charge is 0.506 e. The average molecular weight is 211 g/mol. The standard InChI is InChI=1S/C9H9NOS2/c1-12-7-3-2-6-5(9(7)11)4-8(10)13-6/h2-4,11H,10H2,1H3. The van der Waals surface area contributed by atoms with Crippen LogP contribution in [0.25, 0.3) is 10.1 Å². The molecule has 0 unspecified atom stereocenters. The molecule has 1 heterocycles. The van der Waals surface area contributed by atoms with Gasteiger partial charge in [0.25, 0.3) is 0 Å². The van der Waals surface area contributed by atoms with Crippen molar-refractivity contribution in [3.63, 3.8) is 0 Å². The van der Waals surface area contributed by atoms with Gasteiger partial charge in [-0.15, -0.1) is 23.1 Å². The molecule has 3 N–H and O–H groups in total. The van der Waals surface area contributed by atoms with Crippen molar-refractivity contribution in [2.45, 2.75) is 4.90 Å². The molecule has 0 aliphatic heterocycles. The number of thiophene rings is 1. The van der Waals surface area contributed by atoms with Gasteiger partial charge >= 0.3 is 0 Å². The number of hydrogen-bond donors (Lipinski definition) is 2. The molecular weight excluding hydrogens is 202 g/mol. The van der Waals surface area contributed by atoms with Crippen molar-refractivity contribution in [1.82, 2.24) is 0 Å². The molecule has 68 valence electrons. The lowest BCUT2D eigenvalue weighted by Crippen LogP contribution is -1.74. The maximum Gasteiger partial charge on any atom is 0.137 e. The van der Waals surface area contributed by atoms with Crippen LogP contribution in [0.15, 0.2) is 23.1 Å². The number of fused-ring (bicyclic) bond motifs is 1. The smallest absolute Gasteiger partial charge is 0.137 e. The third-order valence-electron chi connectivity index (χ3n) is 1.87. The van der Waals surface area contributed by atoms with Crippen LogP contribution in [0.3, 0.4) is 0 Å². The van der Waals surface area contributed by atoms with Crippen LogP contribution in [0, 0.1) is 0 Å². The Kier molecular flexibility index (Phi) is 2.09. The zero-order chi connectivity index (χ0) is 9.42. The summed E-state index contributed by atoms with van der Waals surface area (Å²) in [6.07, 6.45) is 1.94. The molecule has 0 atom stereocenters. The molecule has 2 nitrogen and oxygen atoms in total. The Morgan fingerprint density at radius 2 is 2.23 bits per heavy atom. The summed E-state index contributed by atoms with van der Waals surface area (Å²) in [4.78, 5) is 0.894. The van der Waals surface area contributed by atoms with Crippen molar-refractivity contribution in [2.24, 2.45) is 0 Å². The van der Waals surface area contributed by atoms with Crippen molar-refractivity contribution in [3.8, 4) is 5.75 Å². The SMILES string of the molecule is CSc1ccc2sc(N)cc2c1O. The van der Waals surface area contributed by atoms with E-state index in [9.17, 15) is 5.11 Å². The van der Waals surface area contributed by atoms with Gasteiger partial charge in [-0.05, 0) is 24.5 Å². The second kappa shape index (κ2) is 3.12. The van der Waals surface area contributed by atoms with Crippen LogP contribution in [0.4, 0.5) is 5.00 Å². The Morgan fingerprint density at radius 3 is 2.92 bits per heavy atom. The van der Waals surface area contributed by atoms with Gasteiger partial charge in [-0.2, -0.15) is 0 Å². The molecular formula is C9H9NOS2. The maximum atomic E-state index is 9.79. The first-order valence-electron chi connectivity index (χ1n) is 3.77. The van der Waals surface area contributed by atoms with Crippen LogP contribution in [0.5, 0.6) is 5.75 Å². The molecule has 0 aliphatic rings. The van der Waals surface area contributed by atoms with Crippen molar-refractivity contribution in [1.29, 1.82) is 0 Å². The van der Waals surface area contributed by atoms with E-state index in [1.54, 1.807) is 0 Å². The average Bonchev–Trinajstić information content (AvgIpc) is 2.47. The molecule has 4 heteroatoms. The Hall–Kier alpha value is -0.870.